The van der Waals surface area contributed by atoms with Crippen molar-refractivity contribution >= 4 is 17.0 Å². The summed E-state index contributed by atoms with van der Waals surface area (Å²) < 4.78 is 0. The Bertz CT molecular complexity index is 451. The molecule has 2 aromatic rings. The third-order valence-electron chi connectivity index (χ3n) is 2.45. The van der Waals surface area contributed by atoms with Gasteiger partial charge in [-0.05, 0) is 25.7 Å². The number of para-hydroxylation sites is 1. The molecule has 90 valence electrons. The van der Waals surface area contributed by atoms with Crippen LogP contribution in [-0.4, -0.2) is 24.0 Å². The first-order chi connectivity index (χ1) is 8.25. The first-order valence-electron chi connectivity index (χ1n) is 5.59. The van der Waals surface area contributed by atoms with Crippen molar-refractivity contribution in [2.24, 2.45) is 0 Å². The highest BCUT2D eigenvalue weighted by Crippen LogP contribution is 2.17. The van der Waals surface area contributed by atoms with E-state index in [-0.39, 0.29) is 0 Å². The van der Waals surface area contributed by atoms with Crippen LogP contribution in [0.4, 0.5) is 5.69 Å². The second-order valence-electron chi connectivity index (χ2n) is 4.23. The molecule has 0 aliphatic heterocycles. The van der Waals surface area contributed by atoms with Crippen molar-refractivity contribution in [2.45, 2.75) is 13.1 Å². The molecule has 3 nitrogen and oxygen atoms in total. The molecule has 1 aromatic heterocycles. The summed E-state index contributed by atoms with van der Waals surface area (Å²) >= 11 is 1.63. The molecule has 2 rings (SSSR count). The van der Waals surface area contributed by atoms with Crippen LogP contribution in [0.15, 0.2) is 35.2 Å². The second kappa shape index (κ2) is 5.80. The standard InChI is InChI=1S/C13H17N3S/c1-16(2)8-11-5-3-4-6-13(11)14-7-12-9-17-10-15-12/h3-6,9-10,14H,7-8H2,1-2H3. The van der Waals surface area contributed by atoms with Crippen LogP contribution in [0.3, 0.4) is 0 Å². The highest BCUT2D eigenvalue weighted by atomic mass is 32.1. The minimum Gasteiger partial charge on any atom is -0.379 e. The van der Waals surface area contributed by atoms with E-state index in [1.165, 1.54) is 11.3 Å². The molecule has 0 atom stereocenters. The minimum atomic E-state index is 0.786. The van der Waals surface area contributed by atoms with Crippen LogP contribution in [0.25, 0.3) is 0 Å². The molecule has 0 saturated heterocycles. The van der Waals surface area contributed by atoms with Crippen molar-refractivity contribution < 1.29 is 0 Å². The molecular weight excluding hydrogens is 230 g/mol. The predicted molar refractivity (Wildman–Crippen MR) is 73.3 cm³/mol. The van der Waals surface area contributed by atoms with Crippen LogP contribution in [0.1, 0.15) is 11.3 Å². The van der Waals surface area contributed by atoms with Crippen LogP contribution in [0.2, 0.25) is 0 Å². The van der Waals surface area contributed by atoms with Gasteiger partial charge in [0.05, 0.1) is 17.7 Å². The van der Waals surface area contributed by atoms with Gasteiger partial charge in [-0.1, -0.05) is 18.2 Å². The zero-order valence-electron chi connectivity index (χ0n) is 10.2. The molecule has 0 aliphatic rings. The molecule has 17 heavy (non-hydrogen) atoms. The van der Waals surface area contributed by atoms with Gasteiger partial charge >= 0.3 is 0 Å². The fourth-order valence-electron chi connectivity index (χ4n) is 1.68. The average Bonchev–Trinajstić information content (AvgIpc) is 2.80. The van der Waals surface area contributed by atoms with Gasteiger partial charge in [0.1, 0.15) is 0 Å². The Hall–Kier alpha value is -1.39. The van der Waals surface area contributed by atoms with Crippen molar-refractivity contribution in [1.82, 2.24) is 9.88 Å². The molecule has 1 N–H and O–H groups in total. The molecular formula is C13H17N3S. The van der Waals surface area contributed by atoms with Gasteiger partial charge in [0, 0.05) is 17.6 Å². The Morgan fingerprint density at radius 1 is 1.29 bits per heavy atom. The van der Waals surface area contributed by atoms with Gasteiger partial charge in [-0.25, -0.2) is 4.98 Å². The van der Waals surface area contributed by atoms with E-state index >= 15 is 0 Å². The maximum atomic E-state index is 4.27. The van der Waals surface area contributed by atoms with Gasteiger partial charge in [0.15, 0.2) is 0 Å². The SMILES string of the molecule is CN(C)Cc1ccccc1NCc1cscn1. The van der Waals surface area contributed by atoms with E-state index in [9.17, 15) is 0 Å². The number of anilines is 1. The van der Waals surface area contributed by atoms with E-state index in [2.05, 4.69) is 58.9 Å². The lowest BCUT2D eigenvalue weighted by Crippen LogP contribution is -2.12. The molecule has 0 unspecified atom stereocenters. The predicted octanol–water partition coefficient (Wildman–Crippen LogP) is 2.82. The van der Waals surface area contributed by atoms with Crippen LogP contribution in [0, 0.1) is 0 Å². The molecule has 0 amide bonds. The molecule has 0 spiro atoms. The summed E-state index contributed by atoms with van der Waals surface area (Å²) in [7, 11) is 4.16. The number of benzene rings is 1. The summed E-state index contributed by atoms with van der Waals surface area (Å²) in [6, 6.07) is 8.41. The monoisotopic (exact) mass is 247 g/mol. The third kappa shape index (κ3) is 3.54. The van der Waals surface area contributed by atoms with Crippen LogP contribution in [-0.2, 0) is 13.1 Å². The number of aromatic nitrogens is 1. The normalized spacial score (nSPS) is 10.8. The van der Waals surface area contributed by atoms with Crippen LogP contribution < -0.4 is 5.32 Å². The van der Waals surface area contributed by atoms with E-state index in [0.717, 1.165) is 18.8 Å². The smallest absolute Gasteiger partial charge is 0.0795 e. The Morgan fingerprint density at radius 3 is 2.82 bits per heavy atom. The molecule has 0 radical (unpaired) electrons. The fraction of sp³-hybridized carbons (Fsp3) is 0.308. The van der Waals surface area contributed by atoms with E-state index < -0.39 is 0 Å². The maximum absolute atomic E-state index is 4.27. The Balaban J connectivity index is 2.04. The lowest BCUT2D eigenvalue weighted by Gasteiger charge is -2.15. The summed E-state index contributed by atoms with van der Waals surface area (Å²) in [5, 5.41) is 5.51. The Kier molecular flexibility index (Phi) is 4.12. The largest absolute Gasteiger partial charge is 0.379 e. The van der Waals surface area contributed by atoms with Crippen molar-refractivity contribution in [1.29, 1.82) is 0 Å². The van der Waals surface area contributed by atoms with Crippen molar-refractivity contribution in [3.63, 3.8) is 0 Å². The van der Waals surface area contributed by atoms with Gasteiger partial charge in [0.2, 0.25) is 0 Å². The number of thiazole rings is 1. The summed E-state index contributed by atoms with van der Waals surface area (Å²) in [5.74, 6) is 0. The molecule has 1 aromatic carbocycles. The molecule has 0 saturated carbocycles. The number of nitrogens with zero attached hydrogens (tertiary/aromatic N) is 2. The van der Waals surface area contributed by atoms with Crippen LogP contribution in [0.5, 0.6) is 0 Å². The van der Waals surface area contributed by atoms with Gasteiger partial charge in [-0.2, -0.15) is 0 Å². The summed E-state index contributed by atoms with van der Waals surface area (Å²) in [4.78, 5) is 6.44. The van der Waals surface area contributed by atoms with Gasteiger partial charge in [-0.3, -0.25) is 0 Å². The van der Waals surface area contributed by atoms with E-state index in [1.54, 1.807) is 11.3 Å². The van der Waals surface area contributed by atoms with E-state index in [1.807, 2.05) is 5.51 Å². The summed E-state index contributed by atoms with van der Waals surface area (Å²) in [6.45, 7) is 1.73. The molecule has 1 heterocycles. The quantitative estimate of drug-likeness (QED) is 0.880. The van der Waals surface area contributed by atoms with Crippen molar-refractivity contribution in [3.8, 4) is 0 Å². The first-order valence-corrected chi connectivity index (χ1v) is 6.53. The van der Waals surface area contributed by atoms with Gasteiger partial charge < -0.3 is 10.2 Å². The van der Waals surface area contributed by atoms with Crippen LogP contribution >= 0.6 is 11.3 Å². The van der Waals surface area contributed by atoms with E-state index in [4.69, 9.17) is 0 Å². The zero-order valence-corrected chi connectivity index (χ0v) is 11.0. The summed E-state index contributed by atoms with van der Waals surface area (Å²) in [5.41, 5.74) is 5.46. The maximum Gasteiger partial charge on any atom is 0.0795 e. The number of hydrogen-bond acceptors (Lipinski definition) is 4. The highest BCUT2D eigenvalue weighted by molar-refractivity contribution is 7.07. The fourth-order valence-corrected chi connectivity index (χ4v) is 2.24. The number of hydrogen-bond donors (Lipinski definition) is 1. The molecule has 4 heteroatoms. The summed E-state index contributed by atoms with van der Waals surface area (Å²) in [6.07, 6.45) is 0. The molecule has 0 bridgehead atoms. The Morgan fingerprint density at radius 2 is 2.12 bits per heavy atom. The zero-order chi connectivity index (χ0) is 12.1. The van der Waals surface area contributed by atoms with E-state index in [0.29, 0.717) is 0 Å². The third-order valence-corrected chi connectivity index (χ3v) is 3.08. The van der Waals surface area contributed by atoms with Crippen molar-refractivity contribution in [2.75, 3.05) is 19.4 Å². The molecule has 0 aliphatic carbocycles. The number of nitrogens with one attached hydrogen (secondary N) is 1. The molecule has 0 fully saturated rings. The second-order valence-corrected chi connectivity index (χ2v) is 4.95. The Labute approximate surface area is 106 Å². The van der Waals surface area contributed by atoms with Crippen molar-refractivity contribution in [3.05, 3.63) is 46.4 Å². The lowest BCUT2D eigenvalue weighted by atomic mass is 10.1. The number of rotatable bonds is 5. The lowest BCUT2D eigenvalue weighted by molar-refractivity contribution is 0.403. The average molecular weight is 247 g/mol. The minimum absolute atomic E-state index is 0.786. The topological polar surface area (TPSA) is 28.2 Å². The van der Waals surface area contributed by atoms with Gasteiger partial charge in [0.25, 0.3) is 0 Å². The first kappa shape index (κ1) is 12.1. The highest BCUT2D eigenvalue weighted by Gasteiger charge is 2.03. The van der Waals surface area contributed by atoms with Gasteiger partial charge in [-0.15, -0.1) is 11.3 Å².